The zero-order chi connectivity index (χ0) is 19.8. The molecule has 0 aliphatic carbocycles. The maximum absolute atomic E-state index is 12.8. The Kier molecular flexibility index (Phi) is 6.99. The van der Waals surface area contributed by atoms with Crippen molar-refractivity contribution in [1.82, 2.24) is 0 Å². The summed E-state index contributed by atoms with van der Waals surface area (Å²) in [6, 6.07) is 8.57. The molecule has 2 rings (SSSR count). The van der Waals surface area contributed by atoms with Crippen molar-refractivity contribution in [3.63, 3.8) is 0 Å². The molecule has 27 heavy (non-hydrogen) atoms. The van der Waals surface area contributed by atoms with Crippen molar-refractivity contribution >= 4 is 17.6 Å². The molecule has 0 spiro atoms. The van der Waals surface area contributed by atoms with E-state index < -0.39 is 24.3 Å². The van der Waals surface area contributed by atoms with Crippen molar-refractivity contribution in [3.05, 3.63) is 47.8 Å². The number of halogens is 1. The lowest BCUT2D eigenvalue weighted by Gasteiger charge is -2.14. The Morgan fingerprint density at radius 2 is 1.56 bits per heavy atom. The predicted molar refractivity (Wildman–Crippen MR) is 95.8 cm³/mol. The molecule has 0 fully saturated rings. The van der Waals surface area contributed by atoms with Crippen LogP contribution in [0.2, 0.25) is 0 Å². The number of hydrogen-bond acceptors (Lipinski definition) is 6. The molecule has 1 amide bonds. The fraction of sp³-hybridized carbons (Fsp3) is 0.263. The molecule has 2 aromatic rings. The minimum Gasteiger partial charge on any atom is -0.493 e. The average molecular weight is 377 g/mol. The number of esters is 1. The molecule has 0 aliphatic rings. The van der Waals surface area contributed by atoms with Crippen LogP contribution in [0.4, 0.5) is 10.1 Å². The number of rotatable bonds is 8. The van der Waals surface area contributed by atoms with Gasteiger partial charge in [0, 0.05) is 17.8 Å². The Balaban J connectivity index is 1.93. The Labute approximate surface area is 156 Å². The van der Waals surface area contributed by atoms with E-state index in [4.69, 9.17) is 18.9 Å². The molecule has 0 saturated heterocycles. The lowest BCUT2D eigenvalue weighted by atomic mass is 10.1. The number of anilines is 1. The monoisotopic (exact) mass is 377 g/mol. The fourth-order valence-corrected chi connectivity index (χ4v) is 2.32. The van der Waals surface area contributed by atoms with Gasteiger partial charge in [-0.15, -0.1) is 0 Å². The van der Waals surface area contributed by atoms with E-state index in [2.05, 4.69) is 5.32 Å². The van der Waals surface area contributed by atoms with Crippen LogP contribution in [0.5, 0.6) is 17.2 Å². The largest absolute Gasteiger partial charge is 0.493 e. The van der Waals surface area contributed by atoms with Crippen molar-refractivity contribution in [2.24, 2.45) is 0 Å². The van der Waals surface area contributed by atoms with Gasteiger partial charge in [-0.1, -0.05) is 12.1 Å². The summed E-state index contributed by atoms with van der Waals surface area (Å²) >= 11 is 0. The van der Waals surface area contributed by atoms with E-state index in [1.54, 1.807) is 12.1 Å². The highest BCUT2D eigenvalue weighted by Gasteiger charge is 2.15. The standard InChI is InChI=1S/C19H20FNO6/c1-24-15-9-14(10-16(25-2)19(15)26-3)21-17(22)11-27-18(23)8-12-4-6-13(20)7-5-12/h4-7,9-10H,8,11H2,1-3H3,(H,21,22). The van der Waals surface area contributed by atoms with E-state index in [1.807, 2.05) is 0 Å². The van der Waals surface area contributed by atoms with Gasteiger partial charge in [-0.3, -0.25) is 9.59 Å². The van der Waals surface area contributed by atoms with E-state index in [0.717, 1.165) is 0 Å². The van der Waals surface area contributed by atoms with Crippen molar-refractivity contribution in [2.75, 3.05) is 33.3 Å². The molecule has 0 aromatic heterocycles. The molecule has 0 heterocycles. The zero-order valence-electron chi connectivity index (χ0n) is 15.2. The summed E-state index contributed by atoms with van der Waals surface area (Å²) in [6.45, 7) is -0.462. The molecule has 0 atom stereocenters. The second-order valence-corrected chi connectivity index (χ2v) is 5.43. The minimum absolute atomic E-state index is 0.0578. The summed E-state index contributed by atoms with van der Waals surface area (Å²) in [7, 11) is 4.39. The van der Waals surface area contributed by atoms with Gasteiger partial charge in [0.15, 0.2) is 18.1 Å². The number of carbonyl (C=O) groups is 2. The van der Waals surface area contributed by atoms with Crippen LogP contribution in [0, 0.1) is 5.82 Å². The molecular weight excluding hydrogens is 357 g/mol. The molecule has 7 nitrogen and oxygen atoms in total. The quantitative estimate of drug-likeness (QED) is 0.712. The van der Waals surface area contributed by atoms with Crippen molar-refractivity contribution < 1.29 is 32.9 Å². The van der Waals surface area contributed by atoms with E-state index in [0.29, 0.717) is 28.5 Å². The number of benzene rings is 2. The third-order valence-corrected chi connectivity index (χ3v) is 3.57. The van der Waals surface area contributed by atoms with Crippen LogP contribution in [0.3, 0.4) is 0 Å². The summed E-state index contributed by atoms with van der Waals surface area (Å²) in [5, 5.41) is 2.59. The first-order valence-electron chi connectivity index (χ1n) is 7.96. The van der Waals surface area contributed by atoms with Gasteiger partial charge < -0.3 is 24.3 Å². The van der Waals surface area contributed by atoms with Crippen LogP contribution in [-0.4, -0.2) is 39.8 Å². The third-order valence-electron chi connectivity index (χ3n) is 3.57. The lowest BCUT2D eigenvalue weighted by molar-refractivity contribution is -0.146. The smallest absolute Gasteiger partial charge is 0.310 e. The second-order valence-electron chi connectivity index (χ2n) is 5.43. The molecule has 2 aromatic carbocycles. The van der Waals surface area contributed by atoms with Crippen LogP contribution in [0.1, 0.15) is 5.56 Å². The normalized spacial score (nSPS) is 10.1. The average Bonchev–Trinajstić information content (AvgIpc) is 2.67. The Bertz CT molecular complexity index is 781. The molecular formula is C19H20FNO6. The first-order valence-corrected chi connectivity index (χ1v) is 7.96. The van der Waals surface area contributed by atoms with Gasteiger partial charge in [-0.25, -0.2) is 4.39 Å². The van der Waals surface area contributed by atoms with Gasteiger partial charge in [-0.05, 0) is 17.7 Å². The van der Waals surface area contributed by atoms with Crippen LogP contribution < -0.4 is 19.5 Å². The Morgan fingerprint density at radius 3 is 2.07 bits per heavy atom. The van der Waals surface area contributed by atoms with Gasteiger partial charge in [0.2, 0.25) is 5.75 Å². The highest BCUT2D eigenvalue weighted by Crippen LogP contribution is 2.39. The van der Waals surface area contributed by atoms with E-state index in [1.165, 1.54) is 45.6 Å². The Morgan fingerprint density at radius 1 is 0.963 bits per heavy atom. The van der Waals surface area contributed by atoms with Gasteiger partial charge in [0.1, 0.15) is 5.82 Å². The predicted octanol–water partition coefficient (Wildman–Crippen LogP) is 2.58. The van der Waals surface area contributed by atoms with E-state index >= 15 is 0 Å². The number of carbonyl (C=O) groups excluding carboxylic acids is 2. The van der Waals surface area contributed by atoms with E-state index in [9.17, 15) is 14.0 Å². The third kappa shape index (κ3) is 5.60. The highest BCUT2D eigenvalue weighted by molar-refractivity contribution is 5.93. The van der Waals surface area contributed by atoms with Gasteiger partial charge in [0.05, 0.1) is 27.8 Å². The number of ether oxygens (including phenoxy) is 4. The summed E-state index contributed by atoms with van der Waals surface area (Å²) in [4.78, 5) is 23.8. The SMILES string of the molecule is COc1cc(NC(=O)COC(=O)Cc2ccc(F)cc2)cc(OC)c1OC. The molecule has 1 N–H and O–H groups in total. The van der Waals surface area contributed by atoms with Crippen LogP contribution in [0.25, 0.3) is 0 Å². The lowest BCUT2D eigenvalue weighted by Crippen LogP contribution is -2.21. The van der Waals surface area contributed by atoms with Crippen LogP contribution >= 0.6 is 0 Å². The number of amides is 1. The molecule has 0 radical (unpaired) electrons. The van der Waals surface area contributed by atoms with E-state index in [-0.39, 0.29) is 6.42 Å². The highest BCUT2D eigenvalue weighted by atomic mass is 19.1. The topological polar surface area (TPSA) is 83.1 Å². The van der Waals surface area contributed by atoms with Gasteiger partial charge in [-0.2, -0.15) is 0 Å². The molecule has 8 heteroatoms. The maximum Gasteiger partial charge on any atom is 0.310 e. The summed E-state index contributed by atoms with van der Waals surface area (Å²) in [6.07, 6.45) is -0.0578. The zero-order valence-corrected chi connectivity index (χ0v) is 15.2. The van der Waals surface area contributed by atoms with Crippen molar-refractivity contribution in [1.29, 1.82) is 0 Å². The molecule has 0 aliphatic heterocycles. The number of hydrogen-bond donors (Lipinski definition) is 1. The summed E-state index contributed by atoms with van der Waals surface area (Å²) in [5.41, 5.74) is 0.982. The fourth-order valence-electron chi connectivity index (χ4n) is 2.32. The van der Waals surface area contributed by atoms with Crippen molar-refractivity contribution in [2.45, 2.75) is 6.42 Å². The maximum atomic E-state index is 12.8. The number of methoxy groups -OCH3 is 3. The first kappa shape index (κ1) is 20.0. The minimum atomic E-state index is -0.596. The molecule has 0 unspecified atom stereocenters. The first-order chi connectivity index (χ1) is 13.0. The summed E-state index contributed by atoms with van der Waals surface area (Å²) < 4.78 is 33.4. The number of nitrogens with one attached hydrogen (secondary N) is 1. The molecule has 0 saturated carbocycles. The van der Waals surface area contributed by atoms with Crippen LogP contribution in [-0.2, 0) is 20.7 Å². The van der Waals surface area contributed by atoms with Gasteiger partial charge in [0.25, 0.3) is 5.91 Å². The Hall–Kier alpha value is -3.29. The molecule has 144 valence electrons. The molecule has 0 bridgehead atoms. The summed E-state index contributed by atoms with van der Waals surface area (Å²) in [5.74, 6) is -0.375. The second kappa shape index (κ2) is 9.42. The van der Waals surface area contributed by atoms with Gasteiger partial charge >= 0.3 is 5.97 Å². The van der Waals surface area contributed by atoms with Crippen LogP contribution in [0.15, 0.2) is 36.4 Å². The van der Waals surface area contributed by atoms with Crippen molar-refractivity contribution in [3.8, 4) is 17.2 Å².